The third-order valence-corrected chi connectivity index (χ3v) is 8.05. The molecule has 3 heteroatoms. The van der Waals surface area contributed by atoms with E-state index in [9.17, 15) is 0 Å². The Morgan fingerprint density at radius 1 is 0.857 bits per heavy atom. The molecule has 4 unspecified atom stereocenters. The number of halogens is 1. The van der Waals surface area contributed by atoms with Crippen LogP contribution in [0.3, 0.4) is 0 Å². The molecule has 74 valence electrons. The van der Waals surface area contributed by atoms with Crippen LogP contribution in [0, 0.1) is 41.4 Å². The maximum absolute atomic E-state index is 6.01. The summed E-state index contributed by atoms with van der Waals surface area (Å²) in [5.74, 6) is 6.32. The maximum Gasteiger partial charge on any atom is 0.175 e. The van der Waals surface area contributed by atoms with Gasteiger partial charge in [0.1, 0.15) is 0 Å². The first kappa shape index (κ1) is 6.87. The molecule has 6 saturated carbocycles. The fourth-order valence-corrected chi connectivity index (χ4v) is 8.33. The van der Waals surface area contributed by atoms with E-state index in [4.69, 9.17) is 9.47 Å². The smallest absolute Gasteiger partial charge is 0.175 e. The molecule has 0 amide bonds. The predicted octanol–water partition coefficient (Wildman–Crippen LogP) is 1.24. The fraction of sp³-hybridized carbons (Fsp3) is 1.00. The predicted molar refractivity (Wildman–Crippen MR) is 50.7 cm³/mol. The summed E-state index contributed by atoms with van der Waals surface area (Å²) in [7, 11) is 0. The van der Waals surface area contributed by atoms with Gasteiger partial charge >= 0.3 is 0 Å². The van der Waals surface area contributed by atoms with Gasteiger partial charge in [0.15, 0.2) is 5.79 Å². The highest BCUT2D eigenvalue weighted by molar-refractivity contribution is 9.10. The molecular formula is C11H11BrO2. The van der Waals surface area contributed by atoms with Gasteiger partial charge in [0.05, 0.1) is 13.2 Å². The molecule has 7 aliphatic rings. The minimum Gasteiger partial charge on any atom is -0.347 e. The van der Waals surface area contributed by atoms with E-state index >= 15 is 0 Å². The van der Waals surface area contributed by atoms with Gasteiger partial charge in [-0.2, -0.15) is 0 Å². The van der Waals surface area contributed by atoms with Gasteiger partial charge < -0.3 is 9.47 Å². The van der Waals surface area contributed by atoms with Crippen molar-refractivity contribution in [2.24, 2.45) is 41.4 Å². The van der Waals surface area contributed by atoms with Gasteiger partial charge in [0.25, 0.3) is 0 Å². The van der Waals surface area contributed by atoms with Gasteiger partial charge in [-0.3, -0.25) is 0 Å². The Kier molecular flexibility index (Phi) is 0.723. The summed E-state index contributed by atoms with van der Waals surface area (Å²) in [4.78, 5) is 0. The number of ether oxygens (including phenoxy) is 2. The second-order valence-corrected chi connectivity index (χ2v) is 7.40. The topological polar surface area (TPSA) is 18.5 Å². The van der Waals surface area contributed by atoms with Crippen LogP contribution in [0.15, 0.2) is 0 Å². The molecule has 6 aliphatic carbocycles. The standard InChI is InChI=1S/C11H11BrO2/c12-10-5-3-6-4(5)8(10)9(7(3)10)11(6)13-1-2-14-11/h3-9H,1-2H2/t3-,4-,5?,6?,7-,8+,9?,10?/m1/s1. The van der Waals surface area contributed by atoms with Crippen molar-refractivity contribution in [2.75, 3.05) is 13.2 Å². The highest BCUT2D eigenvalue weighted by Gasteiger charge is 3.03. The maximum atomic E-state index is 6.01. The van der Waals surface area contributed by atoms with Crippen LogP contribution in [0.5, 0.6) is 0 Å². The molecular weight excluding hydrogens is 244 g/mol. The summed E-state index contributed by atoms with van der Waals surface area (Å²) in [5, 5.41) is 0. The highest BCUT2D eigenvalue weighted by atomic mass is 79.9. The molecule has 1 aliphatic heterocycles. The van der Waals surface area contributed by atoms with Crippen LogP contribution in [0.25, 0.3) is 0 Å². The minimum absolute atomic E-state index is 0.0745. The Morgan fingerprint density at radius 3 is 2.07 bits per heavy atom. The molecule has 0 aromatic heterocycles. The number of rotatable bonds is 0. The van der Waals surface area contributed by atoms with Crippen molar-refractivity contribution in [3.05, 3.63) is 0 Å². The highest BCUT2D eigenvalue weighted by Crippen LogP contribution is 3.00. The molecule has 7 fully saturated rings. The third-order valence-electron chi connectivity index (χ3n) is 6.46. The molecule has 0 N–H and O–H groups in total. The Hall–Kier alpha value is 0.400. The first-order valence-electron chi connectivity index (χ1n) is 5.78. The Balaban J connectivity index is 1.62. The zero-order valence-corrected chi connectivity index (χ0v) is 9.24. The lowest BCUT2D eigenvalue weighted by Gasteiger charge is -2.88. The first-order valence-corrected chi connectivity index (χ1v) is 6.58. The van der Waals surface area contributed by atoms with Crippen LogP contribution in [0.1, 0.15) is 0 Å². The van der Waals surface area contributed by atoms with E-state index in [2.05, 4.69) is 15.9 Å². The van der Waals surface area contributed by atoms with Gasteiger partial charge in [-0.25, -0.2) is 0 Å². The van der Waals surface area contributed by atoms with Gasteiger partial charge in [-0.1, -0.05) is 15.9 Å². The van der Waals surface area contributed by atoms with Crippen molar-refractivity contribution >= 4 is 15.9 Å². The molecule has 0 aromatic rings. The molecule has 0 aromatic carbocycles. The van der Waals surface area contributed by atoms with Crippen molar-refractivity contribution in [1.29, 1.82) is 0 Å². The van der Waals surface area contributed by atoms with Gasteiger partial charge in [-0.05, 0) is 29.6 Å². The van der Waals surface area contributed by atoms with Gasteiger partial charge in [0, 0.05) is 16.2 Å². The van der Waals surface area contributed by atoms with Crippen LogP contribution < -0.4 is 0 Å². The summed E-state index contributed by atoms with van der Waals surface area (Å²) >= 11 is 3.99. The Labute approximate surface area is 90.4 Å². The van der Waals surface area contributed by atoms with Crippen molar-refractivity contribution in [3.63, 3.8) is 0 Å². The lowest BCUT2D eigenvalue weighted by molar-refractivity contribution is -0.349. The van der Waals surface area contributed by atoms with Crippen molar-refractivity contribution in [2.45, 2.75) is 10.1 Å². The van der Waals surface area contributed by atoms with E-state index in [-0.39, 0.29) is 5.79 Å². The molecule has 14 heavy (non-hydrogen) atoms. The lowest BCUT2D eigenvalue weighted by atomic mass is 9.20. The zero-order valence-electron chi connectivity index (χ0n) is 7.65. The van der Waals surface area contributed by atoms with E-state index in [0.29, 0.717) is 4.32 Å². The largest absolute Gasteiger partial charge is 0.347 e. The van der Waals surface area contributed by atoms with Crippen molar-refractivity contribution in [3.8, 4) is 0 Å². The molecule has 1 saturated heterocycles. The molecule has 1 spiro atoms. The van der Waals surface area contributed by atoms with Crippen LogP contribution in [0.4, 0.5) is 0 Å². The monoisotopic (exact) mass is 254 g/mol. The van der Waals surface area contributed by atoms with E-state index < -0.39 is 0 Å². The summed E-state index contributed by atoms with van der Waals surface area (Å²) < 4.78 is 12.6. The third kappa shape index (κ3) is 0.316. The molecule has 7 rings (SSSR count). The summed E-state index contributed by atoms with van der Waals surface area (Å²) in [6.07, 6.45) is 0. The quantitative estimate of drug-likeness (QED) is 0.606. The van der Waals surface area contributed by atoms with Crippen molar-refractivity contribution in [1.82, 2.24) is 0 Å². The number of hydrogen-bond donors (Lipinski definition) is 0. The fourth-order valence-electron chi connectivity index (χ4n) is 6.54. The van der Waals surface area contributed by atoms with E-state index in [1.54, 1.807) is 0 Å². The average Bonchev–Trinajstić information content (AvgIpc) is 2.71. The zero-order chi connectivity index (χ0) is 8.87. The number of hydrogen-bond acceptors (Lipinski definition) is 2. The van der Waals surface area contributed by atoms with Crippen molar-refractivity contribution < 1.29 is 9.47 Å². The molecule has 8 atom stereocenters. The molecule has 2 bridgehead atoms. The van der Waals surface area contributed by atoms with E-state index in [0.717, 1.165) is 54.6 Å². The number of alkyl halides is 1. The minimum atomic E-state index is -0.0745. The van der Waals surface area contributed by atoms with E-state index in [1.807, 2.05) is 0 Å². The summed E-state index contributed by atoms with van der Waals surface area (Å²) in [6, 6.07) is 0. The normalized spacial score (nSPS) is 81.6. The summed E-state index contributed by atoms with van der Waals surface area (Å²) in [5.41, 5.74) is 0. The van der Waals surface area contributed by atoms with Crippen LogP contribution in [-0.4, -0.2) is 23.3 Å². The van der Waals surface area contributed by atoms with Gasteiger partial charge in [-0.15, -0.1) is 0 Å². The second-order valence-electron chi connectivity index (χ2n) is 6.03. The van der Waals surface area contributed by atoms with Gasteiger partial charge in [0.2, 0.25) is 0 Å². The lowest BCUT2D eigenvalue weighted by Crippen LogP contribution is -2.90. The SMILES string of the molecule is BrC12C3[C@@H]4C5[C@@H]3[C@@H]1C([C@H]42)C51OCCO1. The molecule has 2 nitrogen and oxygen atoms in total. The van der Waals surface area contributed by atoms with Crippen LogP contribution >= 0.6 is 15.9 Å². The van der Waals surface area contributed by atoms with Crippen LogP contribution in [-0.2, 0) is 9.47 Å². The van der Waals surface area contributed by atoms with E-state index in [1.165, 1.54) is 0 Å². The Morgan fingerprint density at radius 2 is 1.50 bits per heavy atom. The molecule has 1 heterocycles. The molecule has 0 radical (unpaired) electrons. The Bertz CT molecular complexity index is 369. The van der Waals surface area contributed by atoms with Crippen LogP contribution in [0.2, 0.25) is 0 Å². The first-order chi connectivity index (χ1) is 6.82. The average molecular weight is 255 g/mol. The summed E-state index contributed by atoms with van der Waals surface area (Å²) in [6.45, 7) is 1.68. The second kappa shape index (κ2) is 1.47.